The van der Waals surface area contributed by atoms with Gasteiger partial charge in [-0.25, -0.2) is 0 Å². The van der Waals surface area contributed by atoms with Crippen molar-refractivity contribution >= 4 is 15.9 Å². The summed E-state index contributed by atoms with van der Waals surface area (Å²) in [5.41, 5.74) is 1.04. The van der Waals surface area contributed by atoms with E-state index in [2.05, 4.69) is 40.7 Å². The molecule has 1 aromatic carbocycles. The van der Waals surface area contributed by atoms with Gasteiger partial charge in [0.1, 0.15) is 6.04 Å². The molecular weight excluding hydrogens is 264 g/mol. The van der Waals surface area contributed by atoms with Crippen LogP contribution < -0.4 is 0 Å². The maximum Gasteiger partial charge on any atom is 0.123 e. The standard InChI is InChI=1S/C13H17BrN2/c1-10(2)9-16(3)13(8-15)11-5-4-6-12(14)7-11/h4-7,10,13H,9H2,1-3H3. The van der Waals surface area contributed by atoms with Gasteiger partial charge in [0.05, 0.1) is 6.07 Å². The van der Waals surface area contributed by atoms with Crippen LogP contribution in [0.4, 0.5) is 0 Å². The number of benzene rings is 1. The minimum Gasteiger partial charge on any atom is -0.287 e. The number of rotatable bonds is 4. The second-order valence-electron chi connectivity index (χ2n) is 4.42. The summed E-state index contributed by atoms with van der Waals surface area (Å²) in [6.45, 7) is 5.24. The Balaban J connectivity index is 2.86. The van der Waals surface area contributed by atoms with E-state index in [1.807, 2.05) is 31.3 Å². The molecule has 16 heavy (non-hydrogen) atoms. The van der Waals surface area contributed by atoms with E-state index in [4.69, 9.17) is 0 Å². The Morgan fingerprint density at radius 2 is 2.12 bits per heavy atom. The molecule has 0 saturated carbocycles. The maximum absolute atomic E-state index is 9.25. The molecule has 0 radical (unpaired) electrons. The average Bonchev–Trinajstić information content (AvgIpc) is 2.17. The van der Waals surface area contributed by atoms with Crippen molar-refractivity contribution in [3.05, 3.63) is 34.3 Å². The lowest BCUT2D eigenvalue weighted by molar-refractivity contribution is 0.259. The first-order valence-electron chi connectivity index (χ1n) is 5.40. The van der Waals surface area contributed by atoms with Gasteiger partial charge in [0.25, 0.3) is 0 Å². The Hall–Kier alpha value is -0.850. The molecule has 2 nitrogen and oxygen atoms in total. The van der Waals surface area contributed by atoms with Gasteiger partial charge in [0.2, 0.25) is 0 Å². The van der Waals surface area contributed by atoms with Crippen LogP contribution >= 0.6 is 15.9 Å². The molecule has 0 fully saturated rings. The molecule has 0 heterocycles. The van der Waals surface area contributed by atoms with E-state index in [0.717, 1.165) is 16.6 Å². The topological polar surface area (TPSA) is 27.0 Å². The highest BCUT2D eigenvalue weighted by molar-refractivity contribution is 9.10. The molecule has 1 aromatic rings. The predicted molar refractivity (Wildman–Crippen MR) is 70.0 cm³/mol. The number of nitrogens with zero attached hydrogens (tertiary/aromatic N) is 2. The van der Waals surface area contributed by atoms with Crippen LogP contribution in [0.5, 0.6) is 0 Å². The van der Waals surface area contributed by atoms with Gasteiger partial charge in [-0.1, -0.05) is 41.9 Å². The number of hydrogen-bond donors (Lipinski definition) is 0. The quantitative estimate of drug-likeness (QED) is 0.843. The molecule has 0 N–H and O–H groups in total. The van der Waals surface area contributed by atoms with Crippen LogP contribution in [0, 0.1) is 17.2 Å². The van der Waals surface area contributed by atoms with Gasteiger partial charge in [-0.05, 0) is 30.7 Å². The monoisotopic (exact) mass is 280 g/mol. The largest absolute Gasteiger partial charge is 0.287 e. The third-order valence-corrected chi connectivity index (χ3v) is 2.87. The van der Waals surface area contributed by atoms with Gasteiger partial charge < -0.3 is 0 Å². The molecule has 1 rings (SSSR count). The molecular formula is C13H17BrN2. The molecule has 0 aliphatic rings. The van der Waals surface area contributed by atoms with E-state index in [9.17, 15) is 5.26 Å². The van der Waals surface area contributed by atoms with Crippen LogP contribution in [-0.2, 0) is 0 Å². The predicted octanol–water partition coefficient (Wildman–Crippen LogP) is 3.60. The lowest BCUT2D eigenvalue weighted by Gasteiger charge is -2.24. The summed E-state index contributed by atoms with van der Waals surface area (Å²) in [6.07, 6.45) is 0. The lowest BCUT2D eigenvalue weighted by Crippen LogP contribution is -2.27. The second-order valence-corrected chi connectivity index (χ2v) is 5.34. The average molecular weight is 281 g/mol. The van der Waals surface area contributed by atoms with Crippen molar-refractivity contribution < 1.29 is 0 Å². The Bertz CT molecular complexity index is 382. The Morgan fingerprint density at radius 3 is 2.62 bits per heavy atom. The summed E-state index contributed by atoms with van der Waals surface area (Å²) in [5.74, 6) is 0.563. The fraction of sp³-hybridized carbons (Fsp3) is 0.462. The van der Waals surface area contributed by atoms with Gasteiger partial charge in [-0.3, -0.25) is 4.90 Å². The Kier molecular flexibility index (Phi) is 4.98. The highest BCUT2D eigenvalue weighted by Gasteiger charge is 2.17. The highest BCUT2D eigenvalue weighted by Crippen LogP contribution is 2.22. The maximum atomic E-state index is 9.25. The van der Waals surface area contributed by atoms with E-state index >= 15 is 0 Å². The van der Waals surface area contributed by atoms with Gasteiger partial charge >= 0.3 is 0 Å². The van der Waals surface area contributed by atoms with Crippen LogP contribution in [0.3, 0.4) is 0 Å². The first kappa shape index (κ1) is 13.2. The summed E-state index contributed by atoms with van der Waals surface area (Å²) in [7, 11) is 1.99. The molecule has 0 bridgehead atoms. The lowest BCUT2D eigenvalue weighted by atomic mass is 10.1. The molecule has 86 valence electrons. The van der Waals surface area contributed by atoms with E-state index in [-0.39, 0.29) is 6.04 Å². The zero-order valence-corrected chi connectivity index (χ0v) is 11.5. The summed E-state index contributed by atoms with van der Waals surface area (Å²) in [6, 6.07) is 10.1. The van der Waals surface area contributed by atoms with Crippen molar-refractivity contribution in [3.63, 3.8) is 0 Å². The van der Waals surface area contributed by atoms with E-state index in [1.165, 1.54) is 0 Å². The van der Waals surface area contributed by atoms with Crippen molar-refractivity contribution in [3.8, 4) is 6.07 Å². The van der Waals surface area contributed by atoms with Crippen molar-refractivity contribution in [1.82, 2.24) is 4.90 Å². The first-order valence-corrected chi connectivity index (χ1v) is 6.19. The van der Waals surface area contributed by atoms with Gasteiger partial charge in [-0.15, -0.1) is 0 Å². The fourth-order valence-electron chi connectivity index (χ4n) is 1.79. The van der Waals surface area contributed by atoms with E-state index in [0.29, 0.717) is 5.92 Å². The van der Waals surface area contributed by atoms with Crippen LogP contribution in [0.15, 0.2) is 28.7 Å². The normalized spacial score (nSPS) is 12.8. The highest BCUT2D eigenvalue weighted by atomic mass is 79.9. The molecule has 0 aliphatic heterocycles. The number of hydrogen-bond acceptors (Lipinski definition) is 2. The van der Waals surface area contributed by atoms with Crippen LogP contribution in [0.1, 0.15) is 25.5 Å². The zero-order chi connectivity index (χ0) is 12.1. The second kappa shape index (κ2) is 6.03. The molecule has 0 amide bonds. The molecule has 1 atom stereocenters. The minimum atomic E-state index is -0.167. The summed E-state index contributed by atoms with van der Waals surface area (Å²) in [4.78, 5) is 2.09. The minimum absolute atomic E-state index is 0.167. The van der Waals surface area contributed by atoms with E-state index in [1.54, 1.807) is 0 Å². The fourth-order valence-corrected chi connectivity index (χ4v) is 2.20. The number of halogens is 1. The molecule has 0 saturated heterocycles. The van der Waals surface area contributed by atoms with Crippen molar-refractivity contribution in [1.29, 1.82) is 5.26 Å². The third-order valence-electron chi connectivity index (χ3n) is 2.38. The molecule has 1 unspecified atom stereocenters. The van der Waals surface area contributed by atoms with Crippen molar-refractivity contribution in [2.24, 2.45) is 5.92 Å². The van der Waals surface area contributed by atoms with Gasteiger partial charge in [-0.2, -0.15) is 5.26 Å². The van der Waals surface area contributed by atoms with E-state index < -0.39 is 0 Å². The van der Waals surface area contributed by atoms with Gasteiger partial charge in [0.15, 0.2) is 0 Å². The first-order chi connectivity index (χ1) is 7.54. The SMILES string of the molecule is CC(C)CN(C)C(C#N)c1cccc(Br)c1. The molecule has 0 aliphatic carbocycles. The number of nitriles is 1. The smallest absolute Gasteiger partial charge is 0.123 e. The van der Waals surface area contributed by atoms with Crippen molar-refractivity contribution in [2.45, 2.75) is 19.9 Å². The Morgan fingerprint density at radius 1 is 1.44 bits per heavy atom. The summed E-state index contributed by atoms with van der Waals surface area (Å²) >= 11 is 3.43. The van der Waals surface area contributed by atoms with Crippen molar-refractivity contribution in [2.75, 3.05) is 13.6 Å². The third kappa shape index (κ3) is 3.62. The zero-order valence-electron chi connectivity index (χ0n) is 9.94. The summed E-state index contributed by atoms with van der Waals surface area (Å²) < 4.78 is 1.02. The summed E-state index contributed by atoms with van der Waals surface area (Å²) in [5, 5.41) is 9.25. The molecule has 3 heteroatoms. The van der Waals surface area contributed by atoms with Crippen LogP contribution in [-0.4, -0.2) is 18.5 Å². The molecule has 0 spiro atoms. The van der Waals surface area contributed by atoms with Gasteiger partial charge in [0, 0.05) is 11.0 Å². The Labute approximate surface area is 106 Å². The molecule has 0 aromatic heterocycles. The van der Waals surface area contributed by atoms with Crippen LogP contribution in [0.25, 0.3) is 0 Å². The van der Waals surface area contributed by atoms with Crippen LogP contribution in [0.2, 0.25) is 0 Å².